The van der Waals surface area contributed by atoms with Crippen molar-refractivity contribution in [1.82, 2.24) is 9.21 Å². The summed E-state index contributed by atoms with van der Waals surface area (Å²) in [5.74, 6) is 0.0803. The summed E-state index contributed by atoms with van der Waals surface area (Å²) in [5, 5.41) is 2.83. The lowest BCUT2D eigenvalue weighted by Crippen LogP contribution is -2.42. The number of anilines is 2. The molecule has 0 saturated carbocycles. The van der Waals surface area contributed by atoms with Crippen LogP contribution in [0, 0.1) is 0 Å². The van der Waals surface area contributed by atoms with Crippen LogP contribution in [0.1, 0.15) is 29.6 Å². The van der Waals surface area contributed by atoms with E-state index in [1.54, 1.807) is 23.1 Å². The third-order valence-corrected chi connectivity index (χ3v) is 7.91. The Morgan fingerprint density at radius 2 is 1.76 bits per heavy atom. The van der Waals surface area contributed by atoms with E-state index in [4.69, 9.17) is 4.74 Å². The number of amides is 2. The van der Waals surface area contributed by atoms with Crippen LogP contribution in [0.4, 0.5) is 11.4 Å². The Bertz CT molecular complexity index is 1160. The summed E-state index contributed by atoms with van der Waals surface area (Å²) in [6.45, 7) is 2.24. The predicted octanol–water partition coefficient (Wildman–Crippen LogP) is 2.40. The van der Waals surface area contributed by atoms with Crippen molar-refractivity contribution in [2.75, 3.05) is 57.1 Å². The van der Waals surface area contributed by atoms with Gasteiger partial charge < -0.3 is 19.9 Å². The predicted molar refractivity (Wildman–Crippen MR) is 130 cm³/mol. The number of rotatable bonds is 7. The van der Waals surface area contributed by atoms with Gasteiger partial charge in [-0.15, -0.1) is 0 Å². The van der Waals surface area contributed by atoms with Crippen molar-refractivity contribution in [3.63, 3.8) is 0 Å². The van der Waals surface area contributed by atoms with Gasteiger partial charge in [0.25, 0.3) is 11.8 Å². The zero-order valence-corrected chi connectivity index (χ0v) is 20.3. The Morgan fingerprint density at radius 3 is 2.44 bits per heavy atom. The fourth-order valence-electron chi connectivity index (χ4n) is 4.06. The first-order chi connectivity index (χ1) is 16.3. The molecule has 1 N–H and O–H groups in total. The van der Waals surface area contributed by atoms with Crippen molar-refractivity contribution in [3.8, 4) is 5.75 Å². The molecular weight excluding hydrogens is 456 g/mol. The van der Waals surface area contributed by atoms with E-state index in [0.717, 1.165) is 19.3 Å². The van der Waals surface area contributed by atoms with Crippen molar-refractivity contribution < 1.29 is 22.7 Å². The standard InChI is InChI=1S/C24H30N4O5S/c1-26(2)14-15-28-21-16-19(8-11-22(21)33-17-23(28)29)25-24(30)18-6-9-20(10-7-18)34(31,32)27-12-4-3-5-13-27/h6-11,16H,3-5,12-15,17H2,1-2H3,(H,25,30). The van der Waals surface area contributed by atoms with Crippen molar-refractivity contribution in [2.24, 2.45) is 0 Å². The largest absolute Gasteiger partial charge is 0.482 e. The molecule has 0 radical (unpaired) electrons. The minimum atomic E-state index is -3.55. The second-order valence-electron chi connectivity index (χ2n) is 8.76. The van der Waals surface area contributed by atoms with E-state index in [1.165, 1.54) is 28.6 Å². The average Bonchev–Trinajstić information content (AvgIpc) is 2.84. The van der Waals surface area contributed by atoms with E-state index >= 15 is 0 Å². The van der Waals surface area contributed by atoms with Gasteiger partial charge in [0.2, 0.25) is 10.0 Å². The molecule has 0 aliphatic carbocycles. The Kier molecular flexibility index (Phi) is 7.20. The maximum absolute atomic E-state index is 12.8. The number of nitrogens with zero attached hydrogens (tertiary/aromatic N) is 3. The lowest BCUT2D eigenvalue weighted by molar-refractivity contribution is -0.121. The maximum Gasteiger partial charge on any atom is 0.265 e. The number of carbonyl (C=O) groups excluding carboxylic acids is 2. The summed E-state index contributed by atoms with van der Waals surface area (Å²) >= 11 is 0. The summed E-state index contributed by atoms with van der Waals surface area (Å²) in [6, 6.07) is 11.1. The zero-order valence-electron chi connectivity index (χ0n) is 19.5. The first kappa shape index (κ1) is 24.2. The molecular formula is C24H30N4O5S. The highest BCUT2D eigenvalue weighted by Crippen LogP contribution is 2.34. The van der Waals surface area contributed by atoms with Crippen LogP contribution in [0.3, 0.4) is 0 Å². The molecule has 34 heavy (non-hydrogen) atoms. The van der Waals surface area contributed by atoms with Crippen LogP contribution in [0.15, 0.2) is 47.4 Å². The zero-order chi connectivity index (χ0) is 24.3. The molecule has 10 heteroatoms. The van der Waals surface area contributed by atoms with E-state index in [2.05, 4.69) is 5.32 Å². The lowest BCUT2D eigenvalue weighted by Gasteiger charge is -2.30. The summed E-state index contributed by atoms with van der Waals surface area (Å²) in [7, 11) is 0.322. The lowest BCUT2D eigenvalue weighted by atomic mass is 10.1. The van der Waals surface area contributed by atoms with Crippen molar-refractivity contribution in [3.05, 3.63) is 48.0 Å². The summed E-state index contributed by atoms with van der Waals surface area (Å²) in [4.78, 5) is 29.0. The van der Waals surface area contributed by atoms with Gasteiger partial charge >= 0.3 is 0 Å². The van der Waals surface area contributed by atoms with Gasteiger partial charge in [-0.2, -0.15) is 4.31 Å². The fraction of sp³-hybridized carbons (Fsp3) is 0.417. The number of hydrogen-bond donors (Lipinski definition) is 1. The fourth-order valence-corrected chi connectivity index (χ4v) is 5.58. The molecule has 1 fully saturated rings. The first-order valence-electron chi connectivity index (χ1n) is 11.4. The van der Waals surface area contributed by atoms with Crippen LogP contribution in [0.5, 0.6) is 5.75 Å². The molecule has 2 aromatic rings. The minimum Gasteiger partial charge on any atom is -0.482 e. The number of piperidine rings is 1. The number of carbonyl (C=O) groups is 2. The highest BCUT2D eigenvalue weighted by Gasteiger charge is 2.27. The topological polar surface area (TPSA) is 99.3 Å². The molecule has 0 bridgehead atoms. The van der Waals surface area contributed by atoms with Crippen LogP contribution in [0.25, 0.3) is 0 Å². The maximum atomic E-state index is 12.8. The Labute approximate surface area is 200 Å². The molecule has 4 rings (SSSR count). The molecule has 2 aliphatic rings. The normalized spacial score (nSPS) is 16.8. The summed E-state index contributed by atoms with van der Waals surface area (Å²) in [6.07, 6.45) is 2.77. The van der Waals surface area contributed by atoms with E-state index in [1.807, 2.05) is 19.0 Å². The third kappa shape index (κ3) is 5.24. The highest BCUT2D eigenvalue weighted by molar-refractivity contribution is 7.89. The van der Waals surface area contributed by atoms with Crippen LogP contribution >= 0.6 is 0 Å². The average molecular weight is 487 g/mol. The van der Waals surface area contributed by atoms with Gasteiger partial charge in [0.05, 0.1) is 10.6 Å². The first-order valence-corrected chi connectivity index (χ1v) is 12.8. The number of likely N-dealkylation sites (N-methyl/N-ethyl adjacent to an activating group) is 1. The van der Waals surface area contributed by atoms with Crippen LogP contribution < -0.4 is 15.0 Å². The van der Waals surface area contributed by atoms with Gasteiger partial charge in [0, 0.05) is 37.4 Å². The molecule has 0 atom stereocenters. The molecule has 1 saturated heterocycles. The summed E-state index contributed by atoms with van der Waals surface area (Å²) < 4.78 is 32.7. The van der Waals surface area contributed by atoms with Gasteiger partial charge in [-0.1, -0.05) is 6.42 Å². The van der Waals surface area contributed by atoms with Gasteiger partial charge in [0.1, 0.15) is 5.75 Å². The van der Waals surface area contributed by atoms with Crippen LogP contribution in [0.2, 0.25) is 0 Å². The third-order valence-electron chi connectivity index (χ3n) is 6.00. The van der Waals surface area contributed by atoms with Crippen LogP contribution in [-0.4, -0.2) is 76.3 Å². The van der Waals surface area contributed by atoms with E-state index in [-0.39, 0.29) is 23.3 Å². The Morgan fingerprint density at radius 1 is 1.06 bits per heavy atom. The molecule has 182 valence electrons. The molecule has 2 aliphatic heterocycles. The van der Waals surface area contributed by atoms with Gasteiger partial charge in [-0.3, -0.25) is 9.59 Å². The van der Waals surface area contributed by atoms with Crippen LogP contribution in [-0.2, 0) is 14.8 Å². The van der Waals surface area contributed by atoms with Crippen molar-refractivity contribution in [2.45, 2.75) is 24.2 Å². The molecule has 0 spiro atoms. The number of sulfonamides is 1. The summed E-state index contributed by atoms with van der Waals surface area (Å²) in [5.41, 5.74) is 1.47. The SMILES string of the molecule is CN(C)CCN1C(=O)COc2ccc(NC(=O)c3ccc(S(=O)(=O)N4CCCCC4)cc3)cc21. The molecule has 2 heterocycles. The second kappa shape index (κ2) is 10.1. The number of fused-ring (bicyclic) bond motifs is 1. The molecule has 0 aromatic heterocycles. The second-order valence-corrected chi connectivity index (χ2v) is 10.7. The minimum absolute atomic E-state index is 0.0151. The van der Waals surface area contributed by atoms with Crippen molar-refractivity contribution in [1.29, 1.82) is 0 Å². The smallest absolute Gasteiger partial charge is 0.265 e. The van der Waals surface area contributed by atoms with E-state index in [9.17, 15) is 18.0 Å². The highest BCUT2D eigenvalue weighted by atomic mass is 32.2. The van der Waals surface area contributed by atoms with Gasteiger partial charge in [-0.25, -0.2) is 8.42 Å². The Balaban J connectivity index is 1.48. The molecule has 2 amide bonds. The van der Waals surface area contributed by atoms with Gasteiger partial charge in [-0.05, 0) is 69.4 Å². The molecule has 9 nitrogen and oxygen atoms in total. The van der Waals surface area contributed by atoms with E-state index in [0.29, 0.717) is 48.9 Å². The quantitative estimate of drug-likeness (QED) is 0.645. The number of hydrogen-bond acceptors (Lipinski definition) is 6. The van der Waals surface area contributed by atoms with Crippen molar-refractivity contribution >= 4 is 33.2 Å². The molecule has 0 unspecified atom stereocenters. The number of nitrogens with one attached hydrogen (secondary N) is 1. The van der Waals surface area contributed by atoms with E-state index < -0.39 is 10.0 Å². The number of ether oxygens (including phenoxy) is 1. The molecule has 2 aromatic carbocycles. The monoisotopic (exact) mass is 486 g/mol. The van der Waals surface area contributed by atoms with Gasteiger partial charge in [0.15, 0.2) is 6.61 Å². The number of benzene rings is 2. The Hall–Kier alpha value is -2.95.